The first-order valence-electron chi connectivity index (χ1n) is 8.04. The van der Waals surface area contributed by atoms with Crippen molar-refractivity contribution in [3.8, 4) is 0 Å². The molecule has 0 aromatic rings. The highest BCUT2D eigenvalue weighted by Crippen LogP contribution is 2.38. The maximum Gasteiger partial charge on any atom is 0.343 e. The van der Waals surface area contributed by atoms with Crippen LogP contribution in [0.15, 0.2) is 0 Å². The van der Waals surface area contributed by atoms with Crippen molar-refractivity contribution in [2.75, 3.05) is 5.75 Å². The SMILES string of the molecule is CC(C)[C@@H]1CC(CC(=O)OC2CS[C@H](C(=O)O)O2)C[C@H](C)C1. The molecule has 0 spiro atoms. The third-order valence-corrected chi connectivity index (χ3v) is 5.68. The van der Waals surface area contributed by atoms with Crippen molar-refractivity contribution in [3.63, 3.8) is 0 Å². The average molecular weight is 330 g/mol. The first-order chi connectivity index (χ1) is 10.3. The Morgan fingerprint density at radius 3 is 2.64 bits per heavy atom. The molecule has 5 atom stereocenters. The van der Waals surface area contributed by atoms with Crippen molar-refractivity contribution in [3.05, 3.63) is 0 Å². The highest BCUT2D eigenvalue weighted by molar-refractivity contribution is 8.00. The Morgan fingerprint density at radius 2 is 2.05 bits per heavy atom. The smallest absolute Gasteiger partial charge is 0.343 e. The van der Waals surface area contributed by atoms with E-state index >= 15 is 0 Å². The van der Waals surface area contributed by atoms with Crippen LogP contribution in [0.5, 0.6) is 0 Å². The number of thioether (sulfide) groups is 1. The zero-order valence-electron chi connectivity index (χ0n) is 13.5. The average Bonchev–Trinajstić information content (AvgIpc) is 2.86. The van der Waals surface area contributed by atoms with Crippen molar-refractivity contribution in [1.82, 2.24) is 0 Å². The van der Waals surface area contributed by atoms with E-state index in [4.69, 9.17) is 14.6 Å². The fourth-order valence-electron chi connectivity index (χ4n) is 3.52. The van der Waals surface area contributed by atoms with Crippen LogP contribution in [0.3, 0.4) is 0 Å². The second kappa shape index (κ2) is 7.68. The predicted molar refractivity (Wildman–Crippen MR) is 84.3 cm³/mol. The van der Waals surface area contributed by atoms with Gasteiger partial charge in [-0.15, -0.1) is 11.8 Å². The van der Waals surface area contributed by atoms with Gasteiger partial charge >= 0.3 is 11.9 Å². The van der Waals surface area contributed by atoms with Crippen LogP contribution in [0, 0.1) is 23.7 Å². The van der Waals surface area contributed by atoms with Gasteiger partial charge in [0.25, 0.3) is 0 Å². The number of aliphatic carboxylic acids is 1. The Morgan fingerprint density at radius 1 is 1.32 bits per heavy atom. The minimum atomic E-state index is -1.02. The monoisotopic (exact) mass is 330 g/mol. The zero-order chi connectivity index (χ0) is 16.3. The Hall–Kier alpha value is -0.750. The number of carboxylic acid groups (broad SMARTS) is 1. The number of ether oxygens (including phenoxy) is 2. The minimum absolute atomic E-state index is 0.266. The topological polar surface area (TPSA) is 72.8 Å². The molecule has 0 radical (unpaired) electrons. The van der Waals surface area contributed by atoms with Gasteiger partial charge < -0.3 is 14.6 Å². The second-order valence-corrected chi connectivity index (χ2v) is 8.04. The summed E-state index contributed by atoms with van der Waals surface area (Å²) in [6, 6.07) is 0. The van der Waals surface area contributed by atoms with Crippen LogP contribution < -0.4 is 0 Å². The quantitative estimate of drug-likeness (QED) is 0.781. The molecule has 0 bridgehead atoms. The van der Waals surface area contributed by atoms with Crippen LogP contribution in [0.4, 0.5) is 0 Å². The van der Waals surface area contributed by atoms with Gasteiger partial charge in [-0.3, -0.25) is 4.79 Å². The molecule has 2 unspecified atom stereocenters. The summed E-state index contributed by atoms with van der Waals surface area (Å²) in [5.74, 6) is 1.44. The van der Waals surface area contributed by atoms with E-state index in [0.29, 0.717) is 35.8 Å². The van der Waals surface area contributed by atoms with Gasteiger partial charge in [-0.25, -0.2) is 4.79 Å². The van der Waals surface area contributed by atoms with E-state index in [1.807, 2.05) is 0 Å². The van der Waals surface area contributed by atoms with Crippen molar-refractivity contribution in [1.29, 1.82) is 0 Å². The normalized spacial score (nSPS) is 35.5. The van der Waals surface area contributed by atoms with Crippen molar-refractivity contribution >= 4 is 23.7 Å². The highest BCUT2D eigenvalue weighted by atomic mass is 32.2. The summed E-state index contributed by atoms with van der Waals surface area (Å²) in [5.41, 5.74) is -0.919. The van der Waals surface area contributed by atoms with Gasteiger partial charge in [0.05, 0.1) is 5.75 Å². The van der Waals surface area contributed by atoms with Crippen LogP contribution >= 0.6 is 11.8 Å². The van der Waals surface area contributed by atoms with Crippen molar-refractivity contribution in [2.24, 2.45) is 23.7 Å². The van der Waals surface area contributed by atoms with Gasteiger partial charge in [0.1, 0.15) is 0 Å². The first kappa shape index (κ1) is 17.6. The molecule has 1 aliphatic heterocycles. The van der Waals surface area contributed by atoms with Crippen LogP contribution in [-0.4, -0.2) is 34.5 Å². The fraction of sp³-hybridized carbons (Fsp3) is 0.875. The lowest BCUT2D eigenvalue weighted by Gasteiger charge is -2.35. The van der Waals surface area contributed by atoms with Gasteiger partial charge in [0.2, 0.25) is 11.7 Å². The molecule has 1 saturated carbocycles. The standard InChI is InChI=1S/C16H26O5S/c1-9(2)12-5-10(3)4-11(6-12)7-13(17)20-14-8-22-16(21-14)15(18)19/h9-12,14,16H,4-8H2,1-3H3,(H,18,19)/t10-,11?,12-,14?,16+/m0/s1. The molecule has 1 aliphatic carbocycles. The number of esters is 1. The van der Waals surface area contributed by atoms with E-state index in [9.17, 15) is 9.59 Å². The van der Waals surface area contributed by atoms with Gasteiger partial charge in [0.15, 0.2) is 0 Å². The Labute approximate surface area is 136 Å². The van der Waals surface area contributed by atoms with Crippen LogP contribution in [0.1, 0.15) is 46.5 Å². The van der Waals surface area contributed by atoms with E-state index in [1.165, 1.54) is 6.42 Å². The molecule has 1 N–H and O–H groups in total. The maximum atomic E-state index is 12.1. The predicted octanol–water partition coefficient (Wildman–Crippen LogP) is 3.13. The molecule has 0 aromatic heterocycles. The largest absolute Gasteiger partial charge is 0.479 e. The van der Waals surface area contributed by atoms with Crippen molar-refractivity contribution < 1.29 is 24.2 Å². The van der Waals surface area contributed by atoms with Crippen molar-refractivity contribution in [2.45, 2.75) is 58.2 Å². The summed E-state index contributed by atoms with van der Waals surface area (Å²) in [6.07, 6.45) is 3.08. The van der Waals surface area contributed by atoms with Gasteiger partial charge in [-0.1, -0.05) is 20.8 Å². The molecule has 0 amide bonds. The highest BCUT2D eigenvalue weighted by Gasteiger charge is 2.35. The summed E-state index contributed by atoms with van der Waals surface area (Å²) >= 11 is 1.15. The fourth-order valence-corrected chi connectivity index (χ4v) is 4.34. The molecule has 2 aliphatic rings. The third-order valence-electron chi connectivity index (χ3n) is 4.60. The van der Waals surface area contributed by atoms with E-state index in [2.05, 4.69) is 20.8 Å². The lowest BCUT2D eigenvalue weighted by Crippen LogP contribution is -2.29. The lowest BCUT2D eigenvalue weighted by atomic mass is 9.71. The van der Waals surface area contributed by atoms with Crippen LogP contribution in [-0.2, 0) is 19.1 Å². The number of carbonyl (C=O) groups excluding carboxylic acids is 1. The third kappa shape index (κ3) is 4.88. The second-order valence-electron chi connectivity index (χ2n) is 6.95. The van der Waals surface area contributed by atoms with Gasteiger partial charge in [0, 0.05) is 6.42 Å². The first-order valence-corrected chi connectivity index (χ1v) is 9.09. The lowest BCUT2D eigenvalue weighted by molar-refractivity contribution is -0.181. The molecule has 2 rings (SSSR count). The van der Waals surface area contributed by atoms with E-state index in [1.54, 1.807) is 0 Å². The molecule has 1 saturated heterocycles. The number of carboxylic acids is 1. The molecule has 6 heteroatoms. The molecule has 5 nitrogen and oxygen atoms in total. The van der Waals surface area contributed by atoms with E-state index in [0.717, 1.165) is 24.6 Å². The summed E-state index contributed by atoms with van der Waals surface area (Å²) in [6.45, 7) is 6.74. The van der Waals surface area contributed by atoms with Crippen LogP contribution in [0.2, 0.25) is 0 Å². The summed E-state index contributed by atoms with van der Waals surface area (Å²) in [4.78, 5) is 22.9. The molecule has 2 fully saturated rings. The number of hydrogen-bond donors (Lipinski definition) is 1. The van der Waals surface area contributed by atoms with E-state index < -0.39 is 17.7 Å². The Kier molecular flexibility index (Phi) is 6.15. The molecule has 0 aromatic carbocycles. The van der Waals surface area contributed by atoms with Crippen LogP contribution in [0.25, 0.3) is 0 Å². The Bertz CT molecular complexity index is 411. The molecule has 1 heterocycles. The minimum Gasteiger partial charge on any atom is -0.479 e. The van der Waals surface area contributed by atoms with Gasteiger partial charge in [-0.2, -0.15) is 0 Å². The molecule has 22 heavy (non-hydrogen) atoms. The number of hydrogen-bond acceptors (Lipinski definition) is 5. The zero-order valence-corrected chi connectivity index (χ0v) is 14.3. The summed E-state index contributed by atoms with van der Waals surface area (Å²) in [7, 11) is 0. The molecular weight excluding hydrogens is 304 g/mol. The Balaban J connectivity index is 1.78. The number of rotatable bonds is 5. The van der Waals surface area contributed by atoms with E-state index in [-0.39, 0.29) is 5.97 Å². The maximum absolute atomic E-state index is 12.1. The van der Waals surface area contributed by atoms with Gasteiger partial charge in [-0.05, 0) is 42.9 Å². The summed E-state index contributed by atoms with van der Waals surface area (Å²) < 4.78 is 10.5. The molecular formula is C16H26O5S. The molecule has 126 valence electrons. The summed E-state index contributed by atoms with van der Waals surface area (Å²) in [5, 5.41) is 8.85. The number of carbonyl (C=O) groups is 2.